The molecule has 0 heterocycles. The van der Waals surface area contributed by atoms with Crippen LogP contribution in [0, 0.1) is 0 Å². The number of hydrogen-bond acceptors (Lipinski definition) is 3. The Morgan fingerprint density at radius 3 is 2.36 bits per heavy atom. The van der Waals surface area contributed by atoms with E-state index >= 15 is 0 Å². The van der Waals surface area contributed by atoms with Gasteiger partial charge < -0.3 is 0 Å². The van der Waals surface area contributed by atoms with E-state index in [4.69, 9.17) is 0 Å². The van der Waals surface area contributed by atoms with Crippen molar-refractivity contribution in [1.82, 2.24) is 4.72 Å². The molecule has 1 rings (SSSR count). The van der Waals surface area contributed by atoms with Gasteiger partial charge in [-0.3, -0.25) is 9.52 Å². The molecule has 0 aromatic heterocycles. The molecule has 0 unspecified atom stereocenters. The smallest absolute Gasteiger partial charge is 0.237 e. The summed E-state index contributed by atoms with van der Waals surface area (Å²) in [6.45, 7) is 0. The zero-order valence-corrected chi connectivity index (χ0v) is 8.54. The molecule has 0 radical (unpaired) electrons. The molecule has 14 heavy (non-hydrogen) atoms. The van der Waals surface area contributed by atoms with Gasteiger partial charge in [0.05, 0.1) is 12.7 Å². The van der Waals surface area contributed by atoms with Crippen LogP contribution in [0.5, 0.6) is 0 Å². The lowest BCUT2D eigenvalue weighted by molar-refractivity contribution is -0.118. The van der Waals surface area contributed by atoms with E-state index in [0.717, 1.165) is 11.8 Å². The number of nitrogens with one attached hydrogen (secondary N) is 1. The second kappa shape index (κ2) is 4.23. The minimum Gasteiger partial charge on any atom is -0.274 e. The topological polar surface area (TPSA) is 63.2 Å². The van der Waals surface area contributed by atoms with Crippen molar-refractivity contribution < 1.29 is 13.2 Å². The van der Waals surface area contributed by atoms with Crippen molar-refractivity contribution in [3.8, 4) is 0 Å². The van der Waals surface area contributed by atoms with E-state index in [-0.39, 0.29) is 6.42 Å². The molecular weight excluding hydrogens is 202 g/mol. The predicted octanol–water partition coefficient (Wildman–Crippen LogP) is 0.305. The van der Waals surface area contributed by atoms with E-state index in [1.165, 1.54) is 0 Å². The van der Waals surface area contributed by atoms with E-state index < -0.39 is 15.9 Å². The highest BCUT2D eigenvalue weighted by Crippen LogP contribution is 1.99. The zero-order chi connectivity index (χ0) is 10.6. The van der Waals surface area contributed by atoms with Crippen molar-refractivity contribution >= 4 is 15.9 Å². The van der Waals surface area contributed by atoms with Crippen LogP contribution in [0.1, 0.15) is 5.56 Å². The summed E-state index contributed by atoms with van der Waals surface area (Å²) in [5.74, 6) is -0.515. The van der Waals surface area contributed by atoms with Crippen LogP contribution in [-0.4, -0.2) is 20.6 Å². The minimum atomic E-state index is -3.44. The molecule has 0 atom stereocenters. The molecule has 0 aliphatic carbocycles. The largest absolute Gasteiger partial charge is 0.274 e. The molecule has 1 N–H and O–H groups in total. The maximum absolute atomic E-state index is 11.1. The SMILES string of the molecule is CS(=O)(=O)NC(=O)Cc1ccccc1. The van der Waals surface area contributed by atoms with Gasteiger partial charge in [0.25, 0.3) is 0 Å². The Bertz CT molecular complexity index is 411. The van der Waals surface area contributed by atoms with E-state index in [1.807, 2.05) is 10.8 Å². The Hall–Kier alpha value is -1.36. The van der Waals surface area contributed by atoms with Crippen molar-refractivity contribution in [3.05, 3.63) is 35.9 Å². The number of benzene rings is 1. The fourth-order valence-corrected chi connectivity index (χ4v) is 1.51. The number of rotatable bonds is 3. The summed E-state index contributed by atoms with van der Waals surface area (Å²) in [6.07, 6.45) is 1.03. The maximum atomic E-state index is 11.1. The Morgan fingerprint density at radius 2 is 1.86 bits per heavy atom. The number of carbonyl (C=O) groups excluding carboxylic acids is 1. The third-order valence-corrected chi connectivity index (χ3v) is 2.11. The average Bonchev–Trinajstić information content (AvgIpc) is 2.02. The first-order valence-corrected chi connectivity index (χ1v) is 5.91. The molecule has 1 amide bonds. The molecule has 0 aliphatic rings. The lowest BCUT2D eigenvalue weighted by atomic mass is 10.1. The second-order valence-electron chi connectivity index (χ2n) is 2.96. The minimum absolute atomic E-state index is 0.0773. The number of amides is 1. The summed E-state index contributed by atoms with van der Waals surface area (Å²) in [6, 6.07) is 8.95. The summed E-state index contributed by atoms with van der Waals surface area (Å²) in [5, 5.41) is 0. The number of carbonyl (C=O) groups is 1. The van der Waals surface area contributed by atoms with Gasteiger partial charge in [-0.2, -0.15) is 0 Å². The van der Waals surface area contributed by atoms with Gasteiger partial charge in [-0.1, -0.05) is 30.3 Å². The molecule has 1 aromatic rings. The van der Waals surface area contributed by atoms with Crippen LogP contribution in [0.25, 0.3) is 0 Å². The van der Waals surface area contributed by atoms with Gasteiger partial charge in [0.1, 0.15) is 0 Å². The monoisotopic (exact) mass is 213 g/mol. The summed E-state index contributed by atoms with van der Waals surface area (Å²) in [7, 11) is -3.44. The third kappa shape index (κ3) is 4.04. The highest BCUT2D eigenvalue weighted by atomic mass is 32.2. The van der Waals surface area contributed by atoms with Crippen molar-refractivity contribution in [3.63, 3.8) is 0 Å². The van der Waals surface area contributed by atoms with Gasteiger partial charge >= 0.3 is 0 Å². The van der Waals surface area contributed by atoms with E-state index in [0.29, 0.717) is 0 Å². The van der Waals surface area contributed by atoms with E-state index in [2.05, 4.69) is 0 Å². The maximum Gasteiger partial charge on any atom is 0.237 e. The van der Waals surface area contributed by atoms with Crippen molar-refractivity contribution in [2.45, 2.75) is 6.42 Å². The summed E-state index contributed by atoms with van der Waals surface area (Å²) < 4.78 is 23.3. The molecular formula is C9H11NO3S. The van der Waals surface area contributed by atoms with Gasteiger partial charge in [0.2, 0.25) is 15.9 Å². The van der Waals surface area contributed by atoms with Crippen LogP contribution < -0.4 is 4.72 Å². The Balaban J connectivity index is 2.59. The Kier molecular flexibility index (Phi) is 3.24. The molecule has 4 nitrogen and oxygen atoms in total. The molecule has 0 fully saturated rings. The zero-order valence-electron chi connectivity index (χ0n) is 7.73. The number of hydrogen-bond donors (Lipinski definition) is 1. The first-order valence-electron chi connectivity index (χ1n) is 4.02. The van der Waals surface area contributed by atoms with Crippen LogP contribution in [-0.2, 0) is 21.2 Å². The molecule has 0 spiro atoms. The highest BCUT2D eigenvalue weighted by molar-refractivity contribution is 7.89. The predicted molar refractivity (Wildman–Crippen MR) is 53.1 cm³/mol. The van der Waals surface area contributed by atoms with E-state index in [1.54, 1.807) is 24.3 Å². The lowest BCUT2D eigenvalue weighted by Crippen LogP contribution is -2.30. The van der Waals surface area contributed by atoms with Crippen LogP contribution in [0.2, 0.25) is 0 Å². The van der Waals surface area contributed by atoms with Gasteiger partial charge in [-0.15, -0.1) is 0 Å². The quantitative estimate of drug-likeness (QED) is 0.785. The summed E-state index contributed by atoms with van der Waals surface area (Å²) in [5.41, 5.74) is 0.786. The van der Waals surface area contributed by atoms with Crippen LogP contribution in [0.3, 0.4) is 0 Å². The standard InChI is InChI=1S/C9H11NO3S/c1-14(12,13)10-9(11)7-8-5-3-2-4-6-8/h2-6H,7H2,1H3,(H,10,11). The van der Waals surface area contributed by atoms with Gasteiger partial charge in [0.15, 0.2) is 0 Å². The van der Waals surface area contributed by atoms with Gasteiger partial charge in [-0.05, 0) is 5.56 Å². The van der Waals surface area contributed by atoms with Crippen LogP contribution in [0.15, 0.2) is 30.3 Å². The van der Waals surface area contributed by atoms with Crippen LogP contribution in [0.4, 0.5) is 0 Å². The molecule has 0 saturated heterocycles. The molecule has 0 saturated carbocycles. The first-order chi connectivity index (χ1) is 6.47. The highest BCUT2D eigenvalue weighted by Gasteiger charge is 2.08. The summed E-state index contributed by atoms with van der Waals surface area (Å²) in [4.78, 5) is 11.1. The molecule has 1 aromatic carbocycles. The summed E-state index contributed by atoms with van der Waals surface area (Å²) >= 11 is 0. The molecule has 0 bridgehead atoms. The second-order valence-corrected chi connectivity index (χ2v) is 4.71. The lowest BCUT2D eigenvalue weighted by Gasteiger charge is -2.01. The van der Waals surface area contributed by atoms with E-state index in [9.17, 15) is 13.2 Å². The van der Waals surface area contributed by atoms with Crippen molar-refractivity contribution in [1.29, 1.82) is 0 Å². The first kappa shape index (κ1) is 10.7. The molecule has 5 heteroatoms. The van der Waals surface area contributed by atoms with Gasteiger partial charge in [-0.25, -0.2) is 8.42 Å². The van der Waals surface area contributed by atoms with Crippen molar-refractivity contribution in [2.75, 3.05) is 6.26 Å². The fourth-order valence-electron chi connectivity index (χ4n) is 1.02. The van der Waals surface area contributed by atoms with Crippen molar-refractivity contribution in [2.24, 2.45) is 0 Å². The molecule has 0 aliphatic heterocycles. The Morgan fingerprint density at radius 1 is 1.29 bits per heavy atom. The number of sulfonamides is 1. The molecule has 76 valence electrons. The Labute approximate surface area is 83.0 Å². The third-order valence-electron chi connectivity index (χ3n) is 1.51. The van der Waals surface area contributed by atoms with Crippen LogP contribution >= 0.6 is 0 Å². The fraction of sp³-hybridized carbons (Fsp3) is 0.222. The average molecular weight is 213 g/mol. The normalized spacial score (nSPS) is 10.9. The van der Waals surface area contributed by atoms with Gasteiger partial charge in [0, 0.05) is 0 Å².